The summed E-state index contributed by atoms with van der Waals surface area (Å²) in [5, 5.41) is 0. The molecule has 0 unspecified atom stereocenters. The van der Waals surface area contributed by atoms with Crippen molar-refractivity contribution in [3.63, 3.8) is 0 Å². The molecule has 3 rings (SSSR count). The number of nitrogens with two attached hydrogens (primary N) is 1. The molecule has 2 aromatic rings. The summed E-state index contributed by atoms with van der Waals surface area (Å²) in [4.78, 5) is 16.0. The third kappa shape index (κ3) is 2.57. The Labute approximate surface area is 111 Å². The van der Waals surface area contributed by atoms with E-state index in [1.165, 1.54) is 12.8 Å². The fourth-order valence-corrected chi connectivity index (χ4v) is 2.63. The van der Waals surface area contributed by atoms with E-state index in [2.05, 4.69) is 16.9 Å². The monoisotopic (exact) mass is 261 g/mol. The van der Waals surface area contributed by atoms with Gasteiger partial charge in [0.15, 0.2) is 5.58 Å². The molecule has 1 aromatic carbocycles. The Kier molecular flexibility index (Phi) is 2.95. The first-order valence-electron chi connectivity index (χ1n) is 6.61. The number of fused-ring (bicyclic) bond motifs is 1. The van der Waals surface area contributed by atoms with Crippen LogP contribution < -0.4 is 11.5 Å². The second-order valence-electron chi connectivity index (χ2n) is 5.72. The maximum absolute atomic E-state index is 11.1. The zero-order valence-corrected chi connectivity index (χ0v) is 11.1. The minimum Gasteiger partial charge on any atom is -0.408 e. The van der Waals surface area contributed by atoms with E-state index in [-0.39, 0.29) is 0 Å². The number of hydrogen-bond acceptors (Lipinski definition) is 4. The smallest absolute Gasteiger partial charge is 0.408 e. The molecule has 0 radical (unpaired) electrons. The molecule has 1 saturated carbocycles. The van der Waals surface area contributed by atoms with Crippen molar-refractivity contribution in [2.24, 2.45) is 11.1 Å². The second kappa shape index (κ2) is 4.51. The highest BCUT2D eigenvalue weighted by molar-refractivity contribution is 5.72. The van der Waals surface area contributed by atoms with Gasteiger partial charge in [-0.3, -0.25) is 4.98 Å². The number of nitrogens with zero attached hydrogens (tertiary/aromatic N) is 1. The number of aromatic nitrogens is 1. The molecule has 1 fully saturated rings. The van der Waals surface area contributed by atoms with Crippen molar-refractivity contribution >= 4 is 11.1 Å². The largest absolute Gasteiger partial charge is 0.417 e. The van der Waals surface area contributed by atoms with Gasteiger partial charge < -0.3 is 15.1 Å². The molecule has 0 amide bonds. The van der Waals surface area contributed by atoms with Gasteiger partial charge in [-0.05, 0) is 49.5 Å². The number of aromatic amines is 1. The first-order chi connectivity index (χ1) is 9.10. The van der Waals surface area contributed by atoms with E-state index in [0.29, 0.717) is 11.0 Å². The number of benzene rings is 1. The van der Waals surface area contributed by atoms with Gasteiger partial charge in [0.1, 0.15) is 0 Å². The van der Waals surface area contributed by atoms with Crippen LogP contribution in [0.25, 0.3) is 11.1 Å². The van der Waals surface area contributed by atoms with Crippen molar-refractivity contribution in [1.29, 1.82) is 0 Å². The van der Waals surface area contributed by atoms with Crippen LogP contribution in [0.2, 0.25) is 0 Å². The minimum absolute atomic E-state index is 0.347. The van der Waals surface area contributed by atoms with Crippen molar-refractivity contribution in [3.8, 4) is 0 Å². The van der Waals surface area contributed by atoms with E-state index in [1.807, 2.05) is 18.2 Å². The van der Waals surface area contributed by atoms with E-state index in [0.717, 1.165) is 30.7 Å². The van der Waals surface area contributed by atoms with Gasteiger partial charge in [0.2, 0.25) is 0 Å². The van der Waals surface area contributed by atoms with Gasteiger partial charge >= 0.3 is 5.76 Å². The van der Waals surface area contributed by atoms with Gasteiger partial charge in [-0.25, -0.2) is 4.79 Å². The minimum atomic E-state index is -0.402. The average Bonchev–Trinajstić information content (AvgIpc) is 3.03. The number of hydrogen-bond donors (Lipinski definition) is 2. The van der Waals surface area contributed by atoms with Gasteiger partial charge in [-0.15, -0.1) is 0 Å². The van der Waals surface area contributed by atoms with Crippen LogP contribution >= 0.6 is 0 Å². The van der Waals surface area contributed by atoms with Crippen molar-refractivity contribution in [3.05, 3.63) is 34.3 Å². The Morgan fingerprint density at radius 2 is 2.26 bits per heavy atom. The normalized spacial score (nSPS) is 17.2. The molecule has 5 nitrogen and oxygen atoms in total. The quantitative estimate of drug-likeness (QED) is 0.850. The van der Waals surface area contributed by atoms with E-state index < -0.39 is 5.76 Å². The summed E-state index contributed by atoms with van der Waals surface area (Å²) >= 11 is 0. The molecule has 19 heavy (non-hydrogen) atoms. The van der Waals surface area contributed by atoms with Gasteiger partial charge in [0.05, 0.1) is 5.52 Å². The summed E-state index contributed by atoms with van der Waals surface area (Å²) in [5.74, 6) is -0.402. The summed E-state index contributed by atoms with van der Waals surface area (Å²) in [5.41, 5.74) is 8.67. The van der Waals surface area contributed by atoms with Gasteiger partial charge in [0.25, 0.3) is 0 Å². The third-order valence-electron chi connectivity index (χ3n) is 3.93. The molecule has 1 heterocycles. The first kappa shape index (κ1) is 12.4. The van der Waals surface area contributed by atoms with Gasteiger partial charge in [-0.2, -0.15) is 0 Å². The predicted molar refractivity (Wildman–Crippen MR) is 73.9 cm³/mol. The molecule has 0 spiro atoms. The van der Waals surface area contributed by atoms with Crippen molar-refractivity contribution in [2.45, 2.75) is 19.4 Å². The lowest BCUT2D eigenvalue weighted by molar-refractivity contribution is 0.259. The van der Waals surface area contributed by atoms with Gasteiger partial charge in [-0.1, -0.05) is 6.07 Å². The molecule has 1 aromatic heterocycles. The fraction of sp³-hybridized carbons (Fsp3) is 0.500. The van der Waals surface area contributed by atoms with E-state index in [4.69, 9.17) is 10.2 Å². The second-order valence-corrected chi connectivity index (χ2v) is 5.72. The summed E-state index contributed by atoms with van der Waals surface area (Å²) in [6.07, 6.45) is 2.47. The molecular formula is C14H19N3O2. The summed E-state index contributed by atoms with van der Waals surface area (Å²) in [6.45, 7) is 2.63. The number of oxazole rings is 1. The average molecular weight is 261 g/mol. The van der Waals surface area contributed by atoms with Crippen LogP contribution in [0, 0.1) is 5.41 Å². The zero-order valence-electron chi connectivity index (χ0n) is 11.1. The molecule has 0 saturated heterocycles. The van der Waals surface area contributed by atoms with Crippen molar-refractivity contribution in [2.75, 3.05) is 20.1 Å². The molecular weight excluding hydrogens is 242 g/mol. The van der Waals surface area contributed by atoms with Crippen LogP contribution in [-0.4, -0.2) is 30.0 Å². The Morgan fingerprint density at radius 3 is 2.95 bits per heavy atom. The lowest BCUT2D eigenvalue weighted by Gasteiger charge is -2.22. The van der Waals surface area contributed by atoms with Crippen molar-refractivity contribution in [1.82, 2.24) is 9.88 Å². The highest BCUT2D eigenvalue weighted by Crippen LogP contribution is 2.45. The van der Waals surface area contributed by atoms with E-state index >= 15 is 0 Å². The van der Waals surface area contributed by atoms with Gasteiger partial charge in [0, 0.05) is 13.1 Å². The fourth-order valence-electron chi connectivity index (χ4n) is 2.63. The molecule has 0 bridgehead atoms. The van der Waals surface area contributed by atoms with Crippen molar-refractivity contribution < 1.29 is 4.42 Å². The highest BCUT2D eigenvalue weighted by atomic mass is 16.4. The van der Waals surface area contributed by atoms with Crippen LogP contribution in [0.1, 0.15) is 18.4 Å². The van der Waals surface area contributed by atoms with E-state index in [1.54, 1.807) is 0 Å². The highest BCUT2D eigenvalue weighted by Gasteiger charge is 2.41. The van der Waals surface area contributed by atoms with Crippen LogP contribution in [-0.2, 0) is 6.54 Å². The SMILES string of the molecule is CN(Cc1ccc2[nH]c(=O)oc2c1)CC1(CN)CC1. The summed E-state index contributed by atoms with van der Waals surface area (Å²) < 4.78 is 5.07. The molecule has 3 N–H and O–H groups in total. The zero-order chi connectivity index (χ0) is 13.5. The van der Waals surface area contributed by atoms with Crippen LogP contribution in [0.4, 0.5) is 0 Å². The van der Waals surface area contributed by atoms with Crippen LogP contribution in [0.5, 0.6) is 0 Å². The molecule has 0 atom stereocenters. The van der Waals surface area contributed by atoms with Crippen LogP contribution in [0.3, 0.4) is 0 Å². The number of nitrogens with one attached hydrogen (secondary N) is 1. The Morgan fingerprint density at radius 1 is 1.47 bits per heavy atom. The number of H-pyrrole nitrogens is 1. The Balaban J connectivity index is 1.72. The molecule has 1 aliphatic rings. The predicted octanol–water partition coefficient (Wildman–Crippen LogP) is 1.29. The Bertz CT molecular complexity index is 639. The summed E-state index contributed by atoms with van der Waals surface area (Å²) in [7, 11) is 2.10. The summed E-state index contributed by atoms with van der Waals surface area (Å²) in [6, 6.07) is 5.83. The first-order valence-corrected chi connectivity index (χ1v) is 6.61. The maximum Gasteiger partial charge on any atom is 0.417 e. The lowest BCUT2D eigenvalue weighted by atomic mass is 10.1. The lowest BCUT2D eigenvalue weighted by Crippen LogP contribution is -2.31. The maximum atomic E-state index is 11.1. The molecule has 1 aliphatic carbocycles. The third-order valence-corrected chi connectivity index (χ3v) is 3.93. The molecule has 0 aliphatic heterocycles. The molecule has 102 valence electrons. The number of rotatable bonds is 5. The topological polar surface area (TPSA) is 75.3 Å². The van der Waals surface area contributed by atoms with E-state index in [9.17, 15) is 4.79 Å². The Hall–Kier alpha value is -1.59. The molecule has 5 heteroatoms. The standard InChI is InChI=1S/C14H19N3O2/c1-17(9-14(8-15)4-5-14)7-10-2-3-11-12(6-10)19-13(18)16-11/h2-3,6H,4-5,7-9,15H2,1H3,(H,16,18). The van der Waals surface area contributed by atoms with Crippen LogP contribution in [0.15, 0.2) is 27.4 Å².